The van der Waals surface area contributed by atoms with Crippen LogP contribution in [0, 0.1) is 0 Å². The van der Waals surface area contributed by atoms with Crippen LogP contribution in [0.25, 0.3) is 84.5 Å². The number of hydrogen-bond acceptors (Lipinski definition) is 3. The van der Waals surface area contributed by atoms with Crippen LogP contribution in [0.5, 0.6) is 0 Å². The Morgan fingerprint density at radius 2 is 0.891 bits per heavy atom. The molecule has 0 spiro atoms. The maximum absolute atomic E-state index is 2.49. The fourth-order valence-corrected chi connectivity index (χ4v) is 10.7. The zero-order valence-electron chi connectivity index (χ0n) is 29.8. The van der Waals surface area contributed by atoms with Gasteiger partial charge in [-0.1, -0.05) is 152 Å². The summed E-state index contributed by atoms with van der Waals surface area (Å²) in [7, 11) is 0. The minimum Gasteiger partial charge on any atom is -0.309 e. The average molecular weight is 736 g/mol. The molecule has 258 valence electrons. The van der Waals surface area contributed by atoms with Gasteiger partial charge < -0.3 is 4.90 Å². The Morgan fingerprint density at radius 1 is 0.327 bits per heavy atom. The van der Waals surface area contributed by atoms with Crippen LogP contribution in [-0.2, 0) is 0 Å². The number of anilines is 3. The minimum atomic E-state index is 1.12. The molecule has 0 amide bonds. The predicted molar refractivity (Wildman–Crippen MR) is 241 cm³/mol. The molecule has 11 aromatic rings. The van der Waals surface area contributed by atoms with E-state index in [4.69, 9.17) is 0 Å². The highest BCUT2D eigenvalue weighted by atomic mass is 32.1. The van der Waals surface area contributed by atoms with Crippen molar-refractivity contribution >= 4 is 90.9 Å². The van der Waals surface area contributed by atoms with Gasteiger partial charge in [0.2, 0.25) is 0 Å². The molecule has 0 atom stereocenters. The Kier molecular flexibility index (Phi) is 7.61. The van der Waals surface area contributed by atoms with E-state index in [1.165, 1.54) is 90.2 Å². The van der Waals surface area contributed by atoms with Crippen molar-refractivity contribution in [1.82, 2.24) is 0 Å². The summed E-state index contributed by atoms with van der Waals surface area (Å²) in [5, 5.41) is 7.69. The molecular formula is C52H33NS2. The van der Waals surface area contributed by atoms with Crippen LogP contribution in [0.2, 0.25) is 0 Å². The Morgan fingerprint density at radius 3 is 1.73 bits per heavy atom. The first-order valence-corrected chi connectivity index (χ1v) is 20.3. The van der Waals surface area contributed by atoms with Gasteiger partial charge in [-0.3, -0.25) is 0 Å². The molecule has 55 heavy (non-hydrogen) atoms. The largest absolute Gasteiger partial charge is 0.309 e. The summed E-state index contributed by atoms with van der Waals surface area (Å²) >= 11 is 3.75. The van der Waals surface area contributed by atoms with Gasteiger partial charge in [0.15, 0.2) is 0 Å². The third kappa shape index (κ3) is 5.35. The normalized spacial score (nSPS) is 11.6. The average Bonchev–Trinajstić information content (AvgIpc) is 3.83. The molecule has 2 heterocycles. The molecule has 11 rings (SSSR count). The third-order valence-corrected chi connectivity index (χ3v) is 13.2. The highest BCUT2D eigenvalue weighted by Gasteiger charge is 2.23. The SMILES string of the molecule is c1ccc(-c2ccc3ccccc3c2)c(-c2ccc(N(c3ccccc3-c3cccc4c3sc3ccccc34)c3cccc4sc5ccccc5c34)cc2)c1. The molecule has 2 aromatic heterocycles. The highest BCUT2D eigenvalue weighted by molar-refractivity contribution is 7.26. The standard InChI is InChI=1S/C52H33NS2/c1-2-14-36-33-37(28-27-34(36)13-1)40-16-4-3-15-39(40)35-29-31-38(32-30-35)53(47-23-12-26-50-51(47)45-19-7-10-25-49(45)54-50)46-22-8-5-17-41(46)43-20-11-21-44-42-18-6-9-24-48(42)55-52(43)44/h1-33H. The molecule has 0 saturated heterocycles. The van der Waals surface area contributed by atoms with Gasteiger partial charge in [-0.2, -0.15) is 0 Å². The fourth-order valence-electron chi connectivity index (χ4n) is 8.34. The Bertz CT molecular complexity index is 3220. The fraction of sp³-hybridized carbons (Fsp3) is 0. The minimum absolute atomic E-state index is 1.12. The van der Waals surface area contributed by atoms with E-state index in [1.807, 2.05) is 22.7 Å². The summed E-state index contributed by atoms with van der Waals surface area (Å²) < 4.78 is 5.21. The van der Waals surface area contributed by atoms with Crippen LogP contribution >= 0.6 is 22.7 Å². The number of thiophene rings is 2. The zero-order chi connectivity index (χ0) is 36.3. The molecule has 0 aliphatic carbocycles. The monoisotopic (exact) mass is 735 g/mol. The van der Waals surface area contributed by atoms with Crippen LogP contribution < -0.4 is 4.90 Å². The van der Waals surface area contributed by atoms with Crippen molar-refractivity contribution in [3.05, 3.63) is 200 Å². The zero-order valence-corrected chi connectivity index (χ0v) is 31.4. The highest BCUT2D eigenvalue weighted by Crippen LogP contribution is 2.49. The van der Waals surface area contributed by atoms with Crippen LogP contribution in [0.1, 0.15) is 0 Å². The number of para-hydroxylation sites is 1. The number of fused-ring (bicyclic) bond motifs is 7. The van der Waals surface area contributed by atoms with E-state index in [0.717, 1.165) is 11.4 Å². The number of hydrogen-bond donors (Lipinski definition) is 0. The topological polar surface area (TPSA) is 3.24 Å². The lowest BCUT2D eigenvalue weighted by Crippen LogP contribution is -2.11. The summed E-state index contributed by atoms with van der Waals surface area (Å²) in [6, 6.07) is 73.4. The van der Waals surface area contributed by atoms with Gasteiger partial charge >= 0.3 is 0 Å². The van der Waals surface area contributed by atoms with E-state index < -0.39 is 0 Å². The van der Waals surface area contributed by atoms with E-state index in [9.17, 15) is 0 Å². The first-order chi connectivity index (χ1) is 27.3. The Hall–Kier alpha value is -6.52. The maximum Gasteiger partial charge on any atom is 0.0555 e. The predicted octanol–water partition coefficient (Wildman–Crippen LogP) is 16.0. The van der Waals surface area contributed by atoms with Gasteiger partial charge in [0.05, 0.1) is 11.4 Å². The summed E-state index contributed by atoms with van der Waals surface area (Å²) in [6.07, 6.45) is 0. The first-order valence-electron chi connectivity index (χ1n) is 18.7. The van der Waals surface area contributed by atoms with Crippen LogP contribution in [0.15, 0.2) is 200 Å². The van der Waals surface area contributed by atoms with Gasteiger partial charge in [-0.15, -0.1) is 22.7 Å². The smallest absolute Gasteiger partial charge is 0.0555 e. The molecule has 0 aliphatic heterocycles. The third-order valence-electron chi connectivity index (χ3n) is 10.9. The molecule has 0 saturated carbocycles. The van der Waals surface area contributed by atoms with Crippen LogP contribution in [0.3, 0.4) is 0 Å². The molecular weight excluding hydrogens is 703 g/mol. The number of benzene rings is 9. The second-order valence-corrected chi connectivity index (χ2v) is 16.2. The number of nitrogens with zero attached hydrogens (tertiary/aromatic N) is 1. The lowest BCUT2D eigenvalue weighted by molar-refractivity contribution is 1.30. The Balaban J connectivity index is 1.11. The molecule has 0 aliphatic rings. The van der Waals surface area contributed by atoms with Gasteiger partial charge in [-0.25, -0.2) is 0 Å². The summed E-state index contributed by atoms with van der Waals surface area (Å²) in [6.45, 7) is 0. The van der Waals surface area contributed by atoms with E-state index >= 15 is 0 Å². The van der Waals surface area contributed by atoms with E-state index in [2.05, 4.69) is 205 Å². The van der Waals surface area contributed by atoms with Crippen molar-refractivity contribution in [3.63, 3.8) is 0 Å². The van der Waals surface area contributed by atoms with Gasteiger partial charge in [0.1, 0.15) is 0 Å². The molecule has 3 heteroatoms. The number of rotatable bonds is 6. The summed E-state index contributed by atoms with van der Waals surface area (Å²) in [5.74, 6) is 0. The molecule has 0 N–H and O–H groups in total. The second-order valence-electron chi connectivity index (χ2n) is 14.0. The van der Waals surface area contributed by atoms with Crippen molar-refractivity contribution in [3.8, 4) is 33.4 Å². The quantitative estimate of drug-likeness (QED) is 0.164. The van der Waals surface area contributed by atoms with Crippen LogP contribution in [-0.4, -0.2) is 0 Å². The summed E-state index contributed by atoms with van der Waals surface area (Å²) in [4.78, 5) is 2.49. The van der Waals surface area contributed by atoms with Crippen molar-refractivity contribution < 1.29 is 0 Å². The van der Waals surface area contributed by atoms with Gasteiger partial charge in [-0.05, 0) is 81.6 Å². The molecule has 0 fully saturated rings. The Labute approximate surface area is 327 Å². The molecule has 9 aromatic carbocycles. The van der Waals surface area contributed by atoms with Crippen molar-refractivity contribution in [1.29, 1.82) is 0 Å². The van der Waals surface area contributed by atoms with Crippen molar-refractivity contribution in [2.75, 3.05) is 4.90 Å². The van der Waals surface area contributed by atoms with Crippen molar-refractivity contribution in [2.45, 2.75) is 0 Å². The molecule has 0 radical (unpaired) electrons. The van der Waals surface area contributed by atoms with E-state index in [1.54, 1.807) is 0 Å². The van der Waals surface area contributed by atoms with E-state index in [-0.39, 0.29) is 0 Å². The van der Waals surface area contributed by atoms with Gasteiger partial charge in [0.25, 0.3) is 0 Å². The lowest BCUT2D eigenvalue weighted by atomic mass is 9.93. The van der Waals surface area contributed by atoms with Crippen molar-refractivity contribution in [2.24, 2.45) is 0 Å². The second kappa shape index (κ2) is 13.1. The molecule has 0 bridgehead atoms. The summed E-state index contributed by atoms with van der Waals surface area (Å²) in [5.41, 5.74) is 10.8. The lowest BCUT2D eigenvalue weighted by Gasteiger charge is -2.29. The molecule has 1 nitrogen and oxygen atoms in total. The maximum atomic E-state index is 2.49. The van der Waals surface area contributed by atoms with Crippen LogP contribution in [0.4, 0.5) is 17.1 Å². The van der Waals surface area contributed by atoms with E-state index in [0.29, 0.717) is 0 Å². The molecule has 0 unspecified atom stereocenters. The van der Waals surface area contributed by atoms with Gasteiger partial charge in [0, 0.05) is 57.2 Å². The first kappa shape index (κ1) is 32.0.